The maximum atomic E-state index is 11.7. The van der Waals surface area contributed by atoms with E-state index in [2.05, 4.69) is 10.6 Å². The monoisotopic (exact) mass is 237 g/mol. The van der Waals surface area contributed by atoms with E-state index in [0.29, 0.717) is 30.8 Å². The highest BCUT2D eigenvalue weighted by molar-refractivity contribution is 5.94. The van der Waals surface area contributed by atoms with Gasteiger partial charge < -0.3 is 15.2 Å². The molecule has 1 aromatic rings. The first-order valence-corrected chi connectivity index (χ1v) is 5.18. The minimum absolute atomic E-state index is 0.0282. The number of anilines is 1. The molecule has 0 spiro atoms. The van der Waals surface area contributed by atoms with Crippen molar-refractivity contribution < 1.29 is 14.4 Å². The maximum Gasteiger partial charge on any atom is 0.267 e. The highest BCUT2D eigenvalue weighted by atomic mass is 16.2. The quantitative estimate of drug-likeness (QED) is 0.698. The van der Waals surface area contributed by atoms with Crippen LogP contribution in [0.3, 0.4) is 0 Å². The van der Waals surface area contributed by atoms with E-state index in [1.807, 2.05) is 0 Å². The summed E-state index contributed by atoms with van der Waals surface area (Å²) in [5.41, 5.74) is 0.983. The summed E-state index contributed by atoms with van der Waals surface area (Å²) in [5.74, 6) is -0.242. The van der Waals surface area contributed by atoms with E-state index < -0.39 is 0 Å². The Morgan fingerprint density at radius 3 is 2.76 bits per heavy atom. The van der Waals surface area contributed by atoms with Crippen LogP contribution < -0.4 is 10.6 Å². The molecule has 1 aromatic heterocycles. The van der Waals surface area contributed by atoms with Gasteiger partial charge in [0.15, 0.2) is 0 Å². The molecule has 2 N–H and O–H groups in total. The number of nitrogens with zero attached hydrogens (tertiary/aromatic N) is 1. The molecule has 0 bridgehead atoms. The molecule has 2 amide bonds. The standard InChI is InChI=1S/C11H15N3O3/c1-8(16)3-4-12-11(17)10-5-9(13-7-15)6-14(10)2/h5-7H,3-4H2,1-2H3,(H,12,17)(H,13,15). The highest BCUT2D eigenvalue weighted by Crippen LogP contribution is 2.11. The lowest BCUT2D eigenvalue weighted by molar-refractivity contribution is -0.116. The minimum Gasteiger partial charge on any atom is -0.350 e. The number of rotatable bonds is 6. The summed E-state index contributed by atoms with van der Waals surface area (Å²) in [6.45, 7) is 1.79. The van der Waals surface area contributed by atoms with Crippen molar-refractivity contribution in [3.8, 4) is 0 Å². The highest BCUT2D eigenvalue weighted by Gasteiger charge is 2.11. The van der Waals surface area contributed by atoms with E-state index in [-0.39, 0.29) is 11.7 Å². The van der Waals surface area contributed by atoms with Crippen LogP contribution in [0.4, 0.5) is 5.69 Å². The first kappa shape index (κ1) is 13.0. The maximum absolute atomic E-state index is 11.7. The van der Waals surface area contributed by atoms with Gasteiger partial charge in [-0.3, -0.25) is 14.4 Å². The van der Waals surface area contributed by atoms with Gasteiger partial charge in [0.2, 0.25) is 6.41 Å². The lowest BCUT2D eigenvalue weighted by atomic mass is 10.3. The van der Waals surface area contributed by atoms with Gasteiger partial charge in [0.25, 0.3) is 5.91 Å². The molecule has 0 unspecified atom stereocenters. The van der Waals surface area contributed by atoms with E-state index in [0.717, 1.165) is 0 Å². The molecule has 1 rings (SSSR count). The number of amides is 2. The predicted molar refractivity (Wildman–Crippen MR) is 62.7 cm³/mol. The number of aromatic nitrogens is 1. The number of aryl methyl sites for hydroxylation is 1. The van der Waals surface area contributed by atoms with Gasteiger partial charge in [0.1, 0.15) is 11.5 Å². The summed E-state index contributed by atoms with van der Waals surface area (Å²) in [6, 6.07) is 1.57. The van der Waals surface area contributed by atoms with Gasteiger partial charge in [-0.1, -0.05) is 0 Å². The summed E-state index contributed by atoms with van der Waals surface area (Å²) >= 11 is 0. The average molecular weight is 237 g/mol. The zero-order chi connectivity index (χ0) is 12.8. The van der Waals surface area contributed by atoms with Crippen molar-refractivity contribution in [1.82, 2.24) is 9.88 Å². The molecule has 0 saturated carbocycles. The normalized spacial score (nSPS) is 9.76. The third-order valence-corrected chi connectivity index (χ3v) is 2.23. The SMILES string of the molecule is CC(=O)CCNC(=O)c1cc(NC=O)cn1C. The van der Waals surface area contributed by atoms with E-state index in [4.69, 9.17) is 0 Å². The van der Waals surface area contributed by atoms with E-state index in [1.54, 1.807) is 23.9 Å². The molecule has 6 heteroatoms. The number of carbonyl (C=O) groups excluding carboxylic acids is 3. The largest absolute Gasteiger partial charge is 0.350 e. The lowest BCUT2D eigenvalue weighted by Crippen LogP contribution is -2.27. The van der Waals surface area contributed by atoms with Crippen LogP contribution in [-0.4, -0.2) is 29.2 Å². The fourth-order valence-corrected chi connectivity index (χ4v) is 1.38. The molecule has 0 aromatic carbocycles. The Bertz CT molecular complexity index is 437. The second kappa shape index (κ2) is 5.83. The van der Waals surface area contributed by atoms with Crippen LogP contribution in [0.25, 0.3) is 0 Å². The van der Waals surface area contributed by atoms with Crippen molar-refractivity contribution >= 4 is 23.8 Å². The number of ketones is 1. The average Bonchev–Trinajstić information content (AvgIpc) is 2.59. The summed E-state index contributed by atoms with van der Waals surface area (Å²) < 4.78 is 1.61. The smallest absolute Gasteiger partial charge is 0.267 e. The van der Waals surface area contributed by atoms with E-state index in [9.17, 15) is 14.4 Å². The molecule has 0 radical (unpaired) electrons. The predicted octanol–water partition coefficient (Wildman–Crippen LogP) is 0.302. The van der Waals surface area contributed by atoms with Crippen molar-refractivity contribution in [1.29, 1.82) is 0 Å². The van der Waals surface area contributed by atoms with Crippen LogP contribution in [0.15, 0.2) is 12.3 Å². The fourth-order valence-electron chi connectivity index (χ4n) is 1.38. The summed E-state index contributed by atoms with van der Waals surface area (Å²) in [4.78, 5) is 32.7. The van der Waals surface area contributed by atoms with Crippen molar-refractivity contribution in [3.63, 3.8) is 0 Å². The van der Waals surface area contributed by atoms with Gasteiger partial charge in [-0.05, 0) is 13.0 Å². The second-order valence-electron chi connectivity index (χ2n) is 3.70. The number of Topliss-reactive ketones (excluding diaryl/α,β-unsaturated/α-hetero) is 1. The Labute approximate surface area is 99.0 Å². The number of hydrogen-bond acceptors (Lipinski definition) is 3. The molecule has 1 heterocycles. The Balaban J connectivity index is 2.61. The summed E-state index contributed by atoms with van der Waals surface area (Å²) in [5, 5.41) is 5.09. The first-order valence-electron chi connectivity index (χ1n) is 5.18. The van der Waals surface area contributed by atoms with Crippen LogP contribution in [-0.2, 0) is 16.6 Å². The van der Waals surface area contributed by atoms with Gasteiger partial charge >= 0.3 is 0 Å². The van der Waals surface area contributed by atoms with Gasteiger partial charge in [-0.15, -0.1) is 0 Å². The van der Waals surface area contributed by atoms with Crippen molar-refractivity contribution in [2.75, 3.05) is 11.9 Å². The van der Waals surface area contributed by atoms with Gasteiger partial charge in [-0.2, -0.15) is 0 Å². The molecular weight excluding hydrogens is 222 g/mol. The molecule has 0 aliphatic rings. The molecular formula is C11H15N3O3. The van der Waals surface area contributed by atoms with Crippen LogP contribution in [0, 0.1) is 0 Å². The zero-order valence-electron chi connectivity index (χ0n) is 9.82. The fraction of sp³-hybridized carbons (Fsp3) is 0.364. The number of nitrogens with one attached hydrogen (secondary N) is 2. The molecule has 0 atom stereocenters. The Kier molecular flexibility index (Phi) is 4.45. The van der Waals surface area contributed by atoms with Crippen LogP contribution >= 0.6 is 0 Å². The molecule has 0 fully saturated rings. The number of carbonyl (C=O) groups is 3. The second-order valence-corrected chi connectivity index (χ2v) is 3.70. The topological polar surface area (TPSA) is 80.2 Å². The third kappa shape index (κ3) is 3.75. The van der Waals surface area contributed by atoms with Crippen LogP contribution in [0.1, 0.15) is 23.8 Å². The molecule has 92 valence electrons. The van der Waals surface area contributed by atoms with Crippen LogP contribution in [0.5, 0.6) is 0 Å². The number of hydrogen-bond donors (Lipinski definition) is 2. The molecule has 6 nitrogen and oxygen atoms in total. The zero-order valence-corrected chi connectivity index (χ0v) is 9.82. The minimum atomic E-state index is -0.271. The van der Waals surface area contributed by atoms with Crippen molar-refractivity contribution in [3.05, 3.63) is 18.0 Å². The van der Waals surface area contributed by atoms with E-state index in [1.165, 1.54) is 6.92 Å². The molecule has 0 aliphatic carbocycles. The Hall–Kier alpha value is -2.11. The van der Waals surface area contributed by atoms with Crippen LogP contribution in [0.2, 0.25) is 0 Å². The van der Waals surface area contributed by atoms with Crippen molar-refractivity contribution in [2.45, 2.75) is 13.3 Å². The molecule has 17 heavy (non-hydrogen) atoms. The summed E-state index contributed by atoms with van der Waals surface area (Å²) in [6.07, 6.45) is 2.50. The van der Waals surface area contributed by atoms with Gasteiger partial charge in [0.05, 0.1) is 5.69 Å². The first-order chi connectivity index (χ1) is 8.04. The molecule has 0 aliphatic heterocycles. The van der Waals surface area contributed by atoms with Gasteiger partial charge in [0, 0.05) is 26.2 Å². The molecule has 0 saturated heterocycles. The van der Waals surface area contributed by atoms with Crippen molar-refractivity contribution in [2.24, 2.45) is 7.05 Å². The summed E-state index contributed by atoms with van der Waals surface area (Å²) in [7, 11) is 1.70. The van der Waals surface area contributed by atoms with Gasteiger partial charge in [-0.25, -0.2) is 0 Å². The Morgan fingerprint density at radius 2 is 2.18 bits per heavy atom. The Morgan fingerprint density at radius 1 is 1.47 bits per heavy atom. The third-order valence-electron chi connectivity index (χ3n) is 2.23. The van der Waals surface area contributed by atoms with E-state index >= 15 is 0 Å². The lowest BCUT2D eigenvalue weighted by Gasteiger charge is -2.04.